The first-order valence-electron chi connectivity index (χ1n) is 5.66. The maximum absolute atomic E-state index is 12.9. The van der Waals surface area contributed by atoms with Gasteiger partial charge in [-0.25, -0.2) is 14.4 Å². The summed E-state index contributed by atoms with van der Waals surface area (Å²) in [6, 6.07) is 11.8. The number of aromatic nitrogens is 2. The van der Waals surface area contributed by atoms with E-state index in [1.165, 1.54) is 30.2 Å². The van der Waals surface area contributed by atoms with Gasteiger partial charge in [0.2, 0.25) is 0 Å². The lowest BCUT2D eigenvalue weighted by atomic mass is 10.2. The highest BCUT2D eigenvalue weighted by atomic mass is 32.2. The molecule has 3 aromatic rings. The van der Waals surface area contributed by atoms with Crippen molar-refractivity contribution in [2.24, 2.45) is 0 Å². The molecule has 0 spiro atoms. The molecule has 5 heteroatoms. The maximum Gasteiger partial charge on any atom is 0.123 e. The van der Waals surface area contributed by atoms with Crippen LogP contribution < -0.4 is 5.73 Å². The largest absolute Gasteiger partial charge is 0.399 e. The molecule has 0 unspecified atom stereocenters. The molecule has 0 saturated carbocycles. The van der Waals surface area contributed by atoms with Crippen LogP contribution in [0.1, 0.15) is 0 Å². The topological polar surface area (TPSA) is 51.8 Å². The lowest BCUT2D eigenvalue weighted by Gasteiger charge is -2.05. The van der Waals surface area contributed by atoms with Gasteiger partial charge in [-0.15, -0.1) is 0 Å². The molecule has 2 N–H and O–H groups in total. The van der Waals surface area contributed by atoms with Crippen LogP contribution in [0.5, 0.6) is 0 Å². The van der Waals surface area contributed by atoms with Gasteiger partial charge in [-0.05, 0) is 42.5 Å². The van der Waals surface area contributed by atoms with Crippen LogP contribution in [0.15, 0.2) is 58.7 Å². The Morgan fingerprint density at radius 3 is 2.58 bits per heavy atom. The van der Waals surface area contributed by atoms with Crippen LogP contribution in [0.4, 0.5) is 10.1 Å². The molecule has 19 heavy (non-hydrogen) atoms. The van der Waals surface area contributed by atoms with Gasteiger partial charge in [-0.1, -0.05) is 11.8 Å². The zero-order valence-corrected chi connectivity index (χ0v) is 10.7. The fourth-order valence-corrected chi connectivity index (χ4v) is 2.61. The number of hydrogen-bond acceptors (Lipinski definition) is 4. The summed E-state index contributed by atoms with van der Waals surface area (Å²) in [7, 11) is 0. The Morgan fingerprint density at radius 1 is 1.00 bits per heavy atom. The number of hydrogen-bond donors (Lipinski definition) is 1. The van der Waals surface area contributed by atoms with E-state index in [-0.39, 0.29) is 5.82 Å². The quantitative estimate of drug-likeness (QED) is 0.572. The summed E-state index contributed by atoms with van der Waals surface area (Å²) >= 11 is 1.46. The first-order valence-corrected chi connectivity index (χ1v) is 6.48. The molecule has 94 valence electrons. The van der Waals surface area contributed by atoms with Crippen molar-refractivity contribution >= 4 is 28.4 Å². The Bertz CT molecular complexity index is 728. The van der Waals surface area contributed by atoms with Crippen LogP contribution in [0.3, 0.4) is 0 Å². The maximum atomic E-state index is 12.9. The molecule has 2 aromatic carbocycles. The van der Waals surface area contributed by atoms with E-state index in [2.05, 4.69) is 9.97 Å². The molecule has 3 nitrogen and oxygen atoms in total. The smallest absolute Gasteiger partial charge is 0.123 e. The molecule has 0 aliphatic rings. The van der Waals surface area contributed by atoms with Crippen LogP contribution in [0.2, 0.25) is 0 Å². The standard InChI is InChI=1S/C14H10FN3S/c15-9-1-4-11(5-2-9)19-14-12-7-10(16)3-6-13(12)17-8-18-14/h1-8H,16H2. The van der Waals surface area contributed by atoms with Crippen molar-refractivity contribution < 1.29 is 4.39 Å². The molecule has 1 heterocycles. The predicted molar refractivity (Wildman–Crippen MR) is 74.5 cm³/mol. The van der Waals surface area contributed by atoms with E-state index in [0.29, 0.717) is 5.69 Å². The Hall–Kier alpha value is -2.14. The van der Waals surface area contributed by atoms with E-state index >= 15 is 0 Å². The van der Waals surface area contributed by atoms with E-state index in [4.69, 9.17) is 5.73 Å². The monoisotopic (exact) mass is 271 g/mol. The predicted octanol–water partition coefficient (Wildman–Crippen LogP) is 3.50. The zero-order valence-electron chi connectivity index (χ0n) is 9.88. The number of anilines is 1. The van der Waals surface area contributed by atoms with Crippen LogP contribution in [0.25, 0.3) is 10.9 Å². The molecule has 0 bridgehead atoms. The number of rotatable bonds is 2. The molecular formula is C14H10FN3S. The van der Waals surface area contributed by atoms with Crippen molar-refractivity contribution in [3.63, 3.8) is 0 Å². The molecular weight excluding hydrogens is 261 g/mol. The van der Waals surface area contributed by atoms with E-state index < -0.39 is 0 Å². The van der Waals surface area contributed by atoms with Gasteiger partial charge in [0.05, 0.1) is 5.52 Å². The second-order valence-corrected chi connectivity index (χ2v) is 5.07. The van der Waals surface area contributed by atoms with E-state index in [1.54, 1.807) is 12.1 Å². The highest BCUT2D eigenvalue weighted by Crippen LogP contribution is 2.31. The minimum absolute atomic E-state index is 0.249. The van der Waals surface area contributed by atoms with E-state index in [1.807, 2.05) is 18.2 Å². The van der Waals surface area contributed by atoms with Gasteiger partial charge >= 0.3 is 0 Å². The van der Waals surface area contributed by atoms with Gasteiger partial charge in [0.1, 0.15) is 17.2 Å². The van der Waals surface area contributed by atoms with Crippen molar-refractivity contribution in [2.45, 2.75) is 9.92 Å². The molecule has 0 radical (unpaired) electrons. The molecule has 0 aliphatic heterocycles. The highest BCUT2D eigenvalue weighted by Gasteiger charge is 2.06. The molecule has 0 atom stereocenters. The van der Waals surface area contributed by atoms with Gasteiger partial charge in [0.15, 0.2) is 0 Å². The Morgan fingerprint density at radius 2 is 1.79 bits per heavy atom. The number of nitrogens with two attached hydrogens (primary N) is 1. The van der Waals surface area contributed by atoms with Crippen LogP contribution in [-0.4, -0.2) is 9.97 Å². The number of halogens is 1. The van der Waals surface area contributed by atoms with Crippen LogP contribution in [-0.2, 0) is 0 Å². The number of benzene rings is 2. The minimum atomic E-state index is -0.249. The SMILES string of the molecule is Nc1ccc2ncnc(Sc3ccc(F)cc3)c2c1. The minimum Gasteiger partial charge on any atom is -0.399 e. The van der Waals surface area contributed by atoms with Gasteiger partial charge in [0.25, 0.3) is 0 Å². The summed E-state index contributed by atoms with van der Waals surface area (Å²) in [5.74, 6) is -0.249. The van der Waals surface area contributed by atoms with Crippen molar-refractivity contribution in [3.05, 3.63) is 54.6 Å². The Balaban J connectivity index is 2.05. The van der Waals surface area contributed by atoms with Gasteiger partial charge in [0, 0.05) is 16.0 Å². The fourth-order valence-electron chi connectivity index (χ4n) is 1.75. The zero-order chi connectivity index (χ0) is 13.2. The first-order chi connectivity index (χ1) is 9.22. The van der Waals surface area contributed by atoms with Crippen molar-refractivity contribution in [1.29, 1.82) is 0 Å². The van der Waals surface area contributed by atoms with E-state index in [0.717, 1.165) is 20.8 Å². The van der Waals surface area contributed by atoms with E-state index in [9.17, 15) is 4.39 Å². The summed E-state index contributed by atoms with van der Waals surface area (Å²) < 4.78 is 12.9. The lowest BCUT2D eigenvalue weighted by Crippen LogP contribution is -1.90. The molecule has 0 amide bonds. The van der Waals surface area contributed by atoms with Gasteiger partial charge in [-0.2, -0.15) is 0 Å². The third kappa shape index (κ3) is 2.51. The summed E-state index contributed by atoms with van der Waals surface area (Å²) in [6.45, 7) is 0. The average molecular weight is 271 g/mol. The molecule has 0 aliphatic carbocycles. The third-order valence-electron chi connectivity index (χ3n) is 2.65. The Labute approximate surface area is 113 Å². The van der Waals surface area contributed by atoms with Gasteiger partial charge in [-0.3, -0.25) is 0 Å². The summed E-state index contributed by atoms with van der Waals surface area (Å²) in [5, 5.41) is 1.71. The number of nitrogen functional groups attached to an aromatic ring is 1. The summed E-state index contributed by atoms with van der Waals surface area (Å²) in [6.07, 6.45) is 1.52. The Kier molecular flexibility index (Phi) is 3.05. The second-order valence-electron chi connectivity index (χ2n) is 4.01. The molecule has 0 fully saturated rings. The summed E-state index contributed by atoms with van der Waals surface area (Å²) in [4.78, 5) is 9.39. The highest BCUT2D eigenvalue weighted by molar-refractivity contribution is 7.99. The van der Waals surface area contributed by atoms with Crippen LogP contribution in [0, 0.1) is 5.82 Å². The van der Waals surface area contributed by atoms with Crippen molar-refractivity contribution in [2.75, 3.05) is 5.73 Å². The first kappa shape index (κ1) is 11.9. The molecule has 1 aromatic heterocycles. The molecule has 0 saturated heterocycles. The fraction of sp³-hybridized carbons (Fsp3) is 0. The second kappa shape index (κ2) is 4.85. The third-order valence-corrected chi connectivity index (χ3v) is 3.68. The molecule has 3 rings (SSSR count). The normalized spacial score (nSPS) is 10.8. The average Bonchev–Trinajstić information content (AvgIpc) is 2.42. The van der Waals surface area contributed by atoms with Crippen LogP contribution >= 0.6 is 11.8 Å². The summed E-state index contributed by atoms with van der Waals surface area (Å²) in [5.41, 5.74) is 7.30. The van der Waals surface area contributed by atoms with Crippen molar-refractivity contribution in [1.82, 2.24) is 9.97 Å². The van der Waals surface area contributed by atoms with Crippen molar-refractivity contribution in [3.8, 4) is 0 Å². The number of fused-ring (bicyclic) bond motifs is 1. The number of nitrogens with zero attached hydrogens (tertiary/aromatic N) is 2. The van der Waals surface area contributed by atoms with Gasteiger partial charge < -0.3 is 5.73 Å². The lowest BCUT2D eigenvalue weighted by molar-refractivity contribution is 0.626.